The molecule has 3 heteroatoms. The van der Waals surface area contributed by atoms with E-state index in [1.165, 1.54) is 21.8 Å². The lowest BCUT2D eigenvalue weighted by Gasteiger charge is -2.45. The lowest BCUT2D eigenvalue weighted by Crippen LogP contribution is -2.36. The third-order valence-electron chi connectivity index (χ3n) is 10.9. The maximum Gasteiger partial charge on any atom is 0.132 e. The van der Waals surface area contributed by atoms with Gasteiger partial charge in [0.05, 0.1) is 16.4 Å². The van der Waals surface area contributed by atoms with Crippen molar-refractivity contribution in [3.63, 3.8) is 0 Å². The monoisotopic (exact) mass is 665 g/mol. The number of fused-ring (bicyclic) bond motifs is 11. The molecule has 1 atom stereocenters. The summed E-state index contributed by atoms with van der Waals surface area (Å²) in [6.07, 6.45) is 0. The number of hydrogen-bond acceptors (Lipinski definition) is 2. The van der Waals surface area contributed by atoms with Crippen LogP contribution in [-0.4, -0.2) is 4.57 Å². The largest absolute Gasteiger partial charge is 0.457 e. The summed E-state index contributed by atoms with van der Waals surface area (Å²) in [4.78, 5) is 0. The van der Waals surface area contributed by atoms with Gasteiger partial charge in [-0.25, -0.2) is 0 Å². The Balaban J connectivity index is 1.18. The van der Waals surface area contributed by atoms with Crippen LogP contribution in [0.3, 0.4) is 0 Å². The van der Waals surface area contributed by atoms with Crippen molar-refractivity contribution in [3.8, 4) is 50.9 Å². The summed E-state index contributed by atoms with van der Waals surface area (Å²) >= 11 is 0. The van der Waals surface area contributed by atoms with Gasteiger partial charge in [0.2, 0.25) is 0 Å². The first-order chi connectivity index (χ1) is 25.8. The molecule has 0 fully saturated rings. The Morgan fingerprint density at radius 2 is 0.865 bits per heavy atom. The van der Waals surface area contributed by atoms with Gasteiger partial charge in [-0.3, -0.25) is 0 Å². The molecule has 0 radical (unpaired) electrons. The smallest absolute Gasteiger partial charge is 0.132 e. The minimum absolute atomic E-state index is 0.678. The maximum absolute atomic E-state index is 6.80. The first kappa shape index (κ1) is 28.9. The number of ether oxygens (including phenoxy) is 2. The van der Waals surface area contributed by atoms with Gasteiger partial charge in [0.15, 0.2) is 0 Å². The highest BCUT2D eigenvalue weighted by atomic mass is 16.5. The fourth-order valence-corrected chi connectivity index (χ4v) is 8.66. The second-order valence-corrected chi connectivity index (χ2v) is 13.7. The molecule has 2 aliphatic rings. The van der Waals surface area contributed by atoms with Gasteiger partial charge < -0.3 is 14.0 Å². The quantitative estimate of drug-likeness (QED) is 0.187. The van der Waals surface area contributed by atoms with Crippen LogP contribution in [0.5, 0.6) is 23.0 Å². The van der Waals surface area contributed by atoms with Crippen molar-refractivity contribution in [1.82, 2.24) is 4.57 Å². The molecule has 0 bridgehead atoms. The Labute approximate surface area is 301 Å². The minimum atomic E-state index is -0.678. The Kier molecular flexibility index (Phi) is 6.17. The standard InChI is InChI=1S/C49H31NO2/c1-3-13-32(14-4-1)35-24-27-41-48(31-35)52-46-22-12-9-19-40(46)49(41)39-18-8-11-21-45(39)51-47-28-25-33(29-42(47)49)34-23-26-38-37-17-7-10-20-43(37)50(44(38)30-34)36-15-5-2-6-16-36/h1-31H. The van der Waals surface area contributed by atoms with E-state index in [9.17, 15) is 0 Å². The molecule has 8 aromatic carbocycles. The van der Waals surface area contributed by atoms with Crippen LogP contribution >= 0.6 is 0 Å². The highest BCUT2D eigenvalue weighted by Crippen LogP contribution is 2.62. The van der Waals surface area contributed by atoms with Crippen molar-refractivity contribution < 1.29 is 9.47 Å². The zero-order chi connectivity index (χ0) is 34.2. The van der Waals surface area contributed by atoms with Crippen LogP contribution in [0.15, 0.2) is 188 Å². The Hall–Kier alpha value is -6.84. The zero-order valence-electron chi connectivity index (χ0n) is 28.2. The number of rotatable bonds is 3. The van der Waals surface area contributed by atoms with Crippen molar-refractivity contribution in [2.75, 3.05) is 0 Å². The molecule has 11 rings (SSSR count). The average Bonchev–Trinajstić information content (AvgIpc) is 3.55. The molecule has 0 aliphatic carbocycles. The zero-order valence-corrected chi connectivity index (χ0v) is 28.2. The molecule has 1 unspecified atom stereocenters. The van der Waals surface area contributed by atoms with Crippen molar-refractivity contribution in [2.45, 2.75) is 5.41 Å². The summed E-state index contributed by atoms with van der Waals surface area (Å²) in [6.45, 7) is 0. The van der Waals surface area contributed by atoms with E-state index in [4.69, 9.17) is 9.47 Å². The predicted molar refractivity (Wildman–Crippen MR) is 210 cm³/mol. The second kappa shape index (κ2) is 11.1. The van der Waals surface area contributed by atoms with E-state index in [1.807, 2.05) is 0 Å². The summed E-state index contributed by atoms with van der Waals surface area (Å²) in [5, 5.41) is 2.48. The molecule has 0 saturated heterocycles. The molecule has 9 aromatic rings. The SMILES string of the molecule is c1ccc(-c2ccc3c(c2)Oc2ccccc2C32c3ccccc3Oc3ccc(-c4ccc5c6ccccc6n(-c6ccccc6)c5c4)cc32)cc1. The number of para-hydroxylation sites is 4. The molecule has 1 spiro atoms. The highest BCUT2D eigenvalue weighted by molar-refractivity contribution is 6.10. The van der Waals surface area contributed by atoms with E-state index in [-0.39, 0.29) is 0 Å². The number of hydrogen-bond donors (Lipinski definition) is 0. The van der Waals surface area contributed by atoms with Crippen LogP contribution in [-0.2, 0) is 5.41 Å². The van der Waals surface area contributed by atoms with Crippen molar-refractivity contribution in [3.05, 3.63) is 210 Å². The van der Waals surface area contributed by atoms with Gasteiger partial charge >= 0.3 is 0 Å². The van der Waals surface area contributed by atoms with E-state index < -0.39 is 5.41 Å². The molecule has 0 N–H and O–H groups in total. The van der Waals surface area contributed by atoms with Gasteiger partial charge in [-0.1, -0.05) is 133 Å². The third-order valence-corrected chi connectivity index (χ3v) is 10.9. The Morgan fingerprint density at radius 3 is 1.65 bits per heavy atom. The Morgan fingerprint density at radius 1 is 0.327 bits per heavy atom. The lowest BCUT2D eigenvalue weighted by molar-refractivity contribution is 0.399. The number of nitrogens with zero attached hydrogens (tertiary/aromatic N) is 1. The van der Waals surface area contributed by atoms with Gasteiger partial charge in [0.25, 0.3) is 0 Å². The van der Waals surface area contributed by atoms with E-state index >= 15 is 0 Å². The first-order valence-electron chi connectivity index (χ1n) is 17.8. The van der Waals surface area contributed by atoms with Crippen molar-refractivity contribution in [2.24, 2.45) is 0 Å². The highest BCUT2D eigenvalue weighted by Gasteiger charge is 2.50. The topological polar surface area (TPSA) is 23.4 Å². The molecule has 2 aliphatic heterocycles. The number of aromatic nitrogens is 1. The molecule has 0 saturated carbocycles. The summed E-state index contributed by atoms with van der Waals surface area (Å²) in [6, 6.07) is 67.0. The molecule has 244 valence electrons. The van der Waals surface area contributed by atoms with Crippen molar-refractivity contribution >= 4 is 21.8 Å². The van der Waals surface area contributed by atoms with E-state index in [1.54, 1.807) is 0 Å². The van der Waals surface area contributed by atoms with Crippen LogP contribution in [0.1, 0.15) is 22.3 Å². The predicted octanol–water partition coefficient (Wildman–Crippen LogP) is 12.7. The van der Waals surface area contributed by atoms with Crippen LogP contribution in [0, 0.1) is 0 Å². The van der Waals surface area contributed by atoms with Gasteiger partial charge in [-0.2, -0.15) is 0 Å². The van der Waals surface area contributed by atoms with Crippen LogP contribution in [0.25, 0.3) is 49.7 Å². The van der Waals surface area contributed by atoms with E-state index in [0.717, 1.165) is 73.2 Å². The molecule has 1 aromatic heterocycles. The summed E-state index contributed by atoms with van der Waals surface area (Å²) in [5.41, 5.74) is 11.8. The lowest BCUT2D eigenvalue weighted by atomic mass is 9.62. The first-order valence-corrected chi connectivity index (χ1v) is 17.8. The summed E-state index contributed by atoms with van der Waals surface area (Å²) in [5.74, 6) is 3.40. The Bertz CT molecular complexity index is 2840. The molecule has 0 amide bonds. The van der Waals surface area contributed by atoms with Gasteiger partial charge in [-0.05, 0) is 76.9 Å². The van der Waals surface area contributed by atoms with Crippen LogP contribution < -0.4 is 9.47 Å². The normalized spacial score (nSPS) is 15.3. The molecule has 52 heavy (non-hydrogen) atoms. The second-order valence-electron chi connectivity index (χ2n) is 13.7. The summed E-state index contributed by atoms with van der Waals surface area (Å²) in [7, 11) is 0. The van der Waals surface area contributed by atoms with Gasteiger partial charge in [0.1, 0.15) is 23.0 Å². The maximum atomic E-state index is 6.80. The fourth-order valence-electron chi connectivity index (χ4n) is 8.66. The van der Waals surface area contributed by atoms with Gasteiger partial charge in [0, 0.05) is 38.7 Å². The molecular weight excluding hydrogens is 635 g/mol. The number of benzene rings is 8. The van der Waals surface area contributed by atoms with E-state index in [2.05, 4.69) is 193 Å². The van der Waals surface area contributed by atoms with E-state index in [0.29, 0.717) is 0 Å². The third kappa shape index (κ3) is 4.08. The molecular formula is C49H31NO2. The van der Waals surface area contributed by atoms with Crippen LogP contribution in [0.2, 0.25) is 0 Å². The average molecular weight is 666 g/mol. The van der Waals surface area contributed by atoms with Crippen molar-refractivity contribution in [1.29, 1.82) is 0 Å². The van der Waals surface area contributed by atoms with Crippen LogP contribution in [0.4, 0.5) is 0 Å². The molecule has 3 heterocycles. The minimum Gasteiger partial charge on any atom is -0.457 e. The van der Waals surface area contributed by atoms with Gasteiger partial charge in [-0.15, -0.1) is 0 Å². The molecule has 3 nitrogen and oxygen atoms in total. The summed E-state index contributed by atoms with van der Waals surface area (Å²) < 4.78 is 15.9. The fraction of sp³-hybridized carbons (Fsp3) is 0.0204.